The third-order valence-corrected chi connectivity index (χ3v) is 3.18. The molecule has 0 bridgehead atoms. The maximum absolute atomic E-state index is 9.82. The number of hydrazine groups is 1. The molecular weight excluding hydrogens is 290 g/mol. The maximum atomic E-state index is 9.82. The van der Waals surface area contributed by atoms with Gasteiger partial charge in [-0.3, -0.25) is 5.41 Å². The predicted octanol–water partition coefficient (Wildman–Crippen LogP) is 1.70. The summed E-state index contributed by atoms with van der Waals surface area (Å²) < 4.78 is 0. The van der Waals surface area contributed by atoms with Crippen LogP contribution in [-0.2, 0) is 6.54 Å². The number of anilines is 1. The molecule has 6 heteroatoms. The van der Waals surface area contributed by atoms with Crippen LogP contribution < -0.4 is 21.9 Å². The number of allylic oxidation sites excluding steroid dienone is 1. The van der Waals surface area contributed by atoms with Gasteiger partial charge in [0.2, 0.25) is 0 Å². The second-order valence-corrected chi connectivity index (χ2v) is 4.96. The molecule has 0 radical (unpaired) electrons. The first-order chi connectivity index (χ1) is 11.1. The molecule has 0 unspecified atom stereocenters. The van der Waals surface area contributed by atoms with Gasteiger partial charge in [0.05, 0.1) is 5.71 Å². The quantitative estimate of drug-likeness (QED) is 0.265. The van der Waals surface area contributed by atoms with Crippen molar-refractivity contribution in [3.63, 3.8) is 0 Å². The summed E-state index contributed by atoms with van der Waals surface area (Å²) in [6, 6.07) is 14.3. The Morgan fingerprint density at radius 2 is 2.00 bits per heavy atom. The molecule has 0 fully saturated rings. The molecule has 0 aliphatic carbocycles. The third-order valence-electron chi connectivity index (χ3n) is 3.18. The van der Waals surface area contributed by atoms with Gasteiger partial charge in [0.25, 0.3) is 0 Å². The molecule has 2 aromatic rings. The average Bonchev–Trinajstić information content (AvgIpc) is 2.53. The molecule has 2 aromatic carbocycles. The highest BCUT2D eigenvalue weighted by molar-refractivity contribution is 6.08. The SMILES string of the molecule is CNN/C(=C\C(=N)c1ccccc1O)NCc1cccc(N)c1. The fourth-order valence-corrected chi connectivity index (χ4v) is 2.09. The van der Waals surface area contributed by atoms with Gasteiger partial charge in [-0.15, -0.1) is 0 Å². The van der Waals surface area contributed by atoms with E-state index in [1.807, 2.05) is 24.3 Å². The van der Waals surface area contributed by atoms with E-state index in [0.29, 0.717) is 23.6 Å². The number of nitrogens with two attached hydrogens (primary N) is 1. The molecule has 0 spiro atoms. The summed E-state index contributed by atoms with van der Waals surface area (Å²) in [5.74, 6) is 0.691. The molecule has 0 heterocycles. The second kappa shape index (κ2) is 7.86. The summed E-state index contributed by atoms with van der Waals surface area (Å²) in [6.45, 7) is 0.555. The molecule has 0 amide bonds. The van der Waals surface area contributed by atoms with Crippen LogP contribution in [-0.4, -0.2) is 17.9 Å². The maximum Gasteiger partial charge on any atom is 0.124 e. The van der Waals surface area contributed by atoms with Gasteiger partial charge in [0, 0.05) is 30.9 Å². The van der Waals surface area contributed by atoms with Crippen LogP contribution in [0.2, 0.25) is 0 Å². The number of phenolic OH excluding ortho intramolecular Hbond substituents is 1. The zero-order chi connectivity index (χ0) is 16.7. The first-order valence-electron chi connectivity index (χ1n) is 7.20. The lowest BCUT2D eigenvalue weighted by atomic mass is 10.1. The lowest BCUT2D eigenvalue weighted by Crippen LogP contribution is -2.35. The van der Waals surface area contributed by atoms with Crippen LogP contribution in [0.5, 0.6) is 5.75 Å². The Morgan fingerprint density at radius 1 is 1.22 bits per heavy atom. The lowest BCUT2D eigenvalue weighted by Gasteiger charge is -2.14. The highest BCUT2D eigenvalue weighted by Crippen LogP contribution is 2.16. The summed E-state index contributed by atoms with van der Waals surface area (Å²) >= 11 is 0. The molecule has 120 valence electrons. The van der Waals surface area contributed by atoms with E-state index in [1.54, 1.807) is 37.4 Å². The zero-order valence-electron chi connectivity index (χ0n) is 12.9. The number of hydrogen-bond donors (Lipinski definition) is 6. The standard InChI is InChI=1S/C17H21N5O/c1-20-22-17(21-11-12-5-4-6-13(18)9-12)10-15(19)14-7-2-3-8-16(14)23/h2-10,19-23H,11,18H2,1H3/b17-10-,19-15?. The Morgan fingerprint density at radius 3 is 2.70 bits per heavy atom. The minimum Gasteiger partial charge on any atom is -0.507 e. The van der Waals surface area contributed by atoms with Crippen molar-refractivity contribution in [3.05, 3.63) is 71.6 Å². The summed E-state index contributed by atoms with van der Waals surface area (Å²) in [7, 11) is 1.74. The molecular formula is C17H21N5O. The molecule has 0 aromatic heterocycles. The van der Waals surface area contributed by atoms with Crippen LogP contribution >= 0.6 is 0 Å². The normalized spacial score (nSPS) is 11.1. The molecule has 0 saturated heterocycles. The highest BCUT2D eigenvalue weighted by Gasteiger charge is 2.06. The Kier molecular flexibility index (Phi) is 5.60. The lowest BCUT2D eigenvalue weighted by molar-refractivity contribution is 0.474. The fourth-order valence-electron chi connectivity index (χ4n) is 2.09. The minimum absolute atomic E-state index is 0.0772. The molecule has 0 saturated carbocycles. The van der Waals surface area contributed by atoms with Gasteiger partial charge in [-0.2, -0.15) is 0 Å². The van der Waals surface area contributed by atoms with Crippen LogP contribution in [0.1, 0.15) is 11.1 Å². The van der Waals surface area contributed by atoms with Crippen molar-refractivity contribution in [2.24, 2.45) is 0 Å². The highest BCUT2D eigenvalue weighted by atomic mass is 16.3. The number of para-hydroxylation sites is 1. The van der Waals surface area contributed by atoms with Crippen molar-refractivity contribution in [1.29, 1.82) is 5.41 Å². The van der Waals surface area contributed by atoms with Gasteiger partial charge in [-0.05, 0) is 29.8 Å². The van der Waals surface area contributed by atoms with Crippen molar-refractivity contribution in [2.75, 3.05) is 12.8 Å². The Labute approximate surface area is 135 Å². The molecule has 6 nitrogen and oxygen atoms in total. The van der Waals surface area contributed by atoms with Gasteiger partial charge in [0.1, 0.15) is 11.6 Å². The number of rotatable bonds is 7. The van der Waals surface area contributed by atoms with Crippen LogP contribution in [0.15, 0.2) is 60.4 Å². The summed E-state index contributed by atoms with van der Waals surface area (Å²) in [6.07, 6.45) is 1.61. The summed E-state index contributed by atoms with van der Waals surface area (Å²) in [4.78, 5) is 0. The van der Waals surface area contributed by atoms with E-state index in [4.69, 9.17) is 11.1 Å². The average molecular weight is 311 g/mol. The van der Waals surface area contributed by atoms with Crippen LogP contribution in [0.25, 0.3) is 0 Å². The smallest absolute Gasteiger partial charge is 0.124 e. The van der Waals surface area contributed by atoms with E-state index in [-0.39, 0.29) is 11.5 Å². The number of benzene rings is 2. The third kappa shape index (κ3) is 4.76. The Hall–Kier alpha value is -2.99. The largest absolute Gasteiger partial charge is 0.507 e. The van der Waals surface area contributed by atoms with Crippen molar-refractivity contribution in [2.45, 2.75) is 6.54 Å². The molecule has 23 heavy (non-hydrogen) atoms. The molecule has 0 aliphatic heterocycles. The molecule has 0 aliphatic rings. The fraction of sp³-hybridized carbons (Fsp3) is 0.118. The monoisotopic (exact) mass is 311 g/mol. The van der Waals surface area contributed by atoms with Crippen LogP contribution in [0, 0.1) is 5.41 Å². The number of nitrogens with one attached hydrogen (secondary N) is 4. The van der Waals surface area contributed by atoms with Crippen LogP contribution in [0.3, 0.4) is 0 Å². The van der Waals surface area contributed by atoms with Gasteiger partial charge in [-0.25, -0.2) is 5.43 Å². The van der Waals surface area contributed by atoms with Gasteiger partial charge >= 0.3 is 0 Å². The van der Waals surface area contributed by atoms with E-state index in [9.17, 15) is 5.11 Å². The molecule has 2 rings (SSSR count). The van der Waals surface area contributed by atoms with Crippen molar-refractivity contribution in [1.82, 2.24) is 16.2 Å². The van der Waals surface area contributed by atoms with Crippen molar-refractivity contribution < 1.29 is 5.11 Å². The number of hydrogen-bond acceptors (Lipinski definition) is 6. The molecule has 7 N–H and O–H groups in total. The predicted molar refractivity (Wildman–Crippen MR) is 92.9 cm³/mol. The van der Waals surface area contributed by atoms with Gasteiger partial charge in [-0.1, -0.05) is 24.3 Å². The van der Waals surface area contributed by atoms with E-state index in [0.717, 1.165) is 5.56 Å². The topological polar surface area (TPSA) is 106 Å². The number of nitrogen functional groups attached to an aromatic ring is 1. The first-order valence-corrected chi connectivity index (χ1v) is 7.20. The first kappa shape index (κ1) is 16.4. The Bertz CT molecular complexity index is 712. The number of aromatic hydroxyl groups is 1. The molecule has 0 atom stereocenters. The minimum atomic E-state index is 0.0772. The van der Waals surface area contributed by atoms with Gasteiger partial charge in [0.15, 0.2) is 0 Å². The summed E-state index contributed by atoms with van der Waals surface area (Å²) in [5.41, 5.74) is 13.9. The van der Waals surface area contributed by atoms with Crippen molar-refractivity contribution in [3.8, 4) is 5.75 Å². The second-order valence-electron chi connectivity index (χ2n) is 4.96. The zero-order valence-corrected chi connectivity index (χ0v) is 12.9. The van der Waals surface area contributed by atoms with Crippen LogP contribution in [0.4, 0.5) is 5.69 Å². The van der Waals surface area contributed by atoms with E-state index in [1.165, 1.54) is 0 Å². The van der Waals surface area contributed by atoms with E-state index in [2.05, 4.69) is 16.2 Å². The number of phenols is 1. The summed E-state index contributed by atoms with van der Waals surface area (Å²) in [5, 5.41) is 21.1. The Balaban J connectivity index is 2.11. The van der Waals surface area contributed by atoms with E-state index >= 15 is 0 Å². The van der Waals surface area contributed by atoms with Gasteiger partial charge < -0.3 is 21.6 Å². The van der Waals surface area contributed by atoms with E-state index < -0.39 is 0 Å². The van der Waals surface area contributed by atoms with Crippen molar-refractivity contribution >= 4 is 11.4 Å².